The van der Waals surface area contributed by atoms with Gasteiger partial charge in [0.05, 0.1) is 12.2 Å². The zero-order valence-corrected chi connectivity index (χ0v) is 10.6. The van der Waals surface area contributed by atoms with Gasteiger partial charge in [-0.05, 0) is 30.7 Å². The van der Waals surface area contributed by atoms with Crippen LogP contribution in [0.5, 0.6) is 11.6 Å². The third-order valence-electron chi connectivity index (χ3n) is 2.75. The summed E-state index contributed by atoms with van der Waals surface area (Å²) in [5, 5.41) is 9.02. The van der Waals surface area contributed by atoms with Gasteiger partial charge in [-0.15, -0.1) is 0 Å². The quantitative estimate of drug-likeness (QED) is 0.934. The van der Waals surface area contributed by atoms with Crippen LogP contribution in [0.25, 0.3) is 0 Å². The summed E-state index contributed by atoms with van der Waals surface area (Å²) in [4.78, 5) is 4.01. The molecule has 20 heavy (non-hydrogen) atoms. The maximum Gasteiger partial charge on any atom is 0.419 e. The molecule has 0 saturated heterocycles. The number of para-hydroxylation sites is 1. The molecule has 0 saturated carbocycles. The molecule has 1 N–H and O–H groups in total. The topological polar surface area (TPSA) is 42.4 Å². The zero-order chi connectivity index (χ0) is 14.8. The van der Waals surface area contributed by atoms with E-state index in [1.807, 2.05) is 0 Å². The van der Waals surface area contributed by atoms with Gasteiger partial charge in [-0.3, -0.25) is 0 Å². The molecule has 1 heterocycles. The second kappa shape index (κ2) is 5.50. The van der Waals surface area contributed by atoms with Crippen molar-refractivity contribution in [3.05, 3.63) is 53.2 Å². The lowest BCUT2D eigenvalue weighted by molar-refractivity contribution is -0.138. The van der Waals surface area contributed by atoms with Crippen molar-refractivity contribution in [1.82, 2.24) is 4.98 Å². The molecule has 6 heteroatoms. The van der Waals surface area contributed by atoms with Crippen LogP contribution in [0.2, 0.25) is 0 Å². The van der Waals surface area contributed by atoms with Crippen molar-refractivity contribution < 1.29 is 23.0 Å². The average molecular weight is 283 g/mol. The fraction of sp³-hybridized carbons (Fsp3) is 0.214. The third-order valence-corrected chi connectivity index (χ3v) is 2.75. The Morgan fingerprint density at radius 1 is 1.15 bits per heavy atom. The smallest absolute Gasteiger partial charge is 0.419 e. The number of hydrogen-bond acceptors (Lipinski definition) is 3. The van der Waals surface area contributed by atoms with Gasteiger partial charge in [0.25, 0.3) is 0 Å². The lowest BCUT2D eigenvalue weighted by Crippen LogP contribution is -2.07. The molecular weight excluding hydrogens is 271 g/mol. The highest BCUT2D eigenvalue weighted by Crippen LogP contribution is 2.37. The summed E-state index contributed by atoms with van der Waals surface area (Å²) >= 11 is 0. The lowest BCUT2D eigenvalue weighted by atomic mass is 10.2. The minimum absolute atomic E-state index is 0.0522. The van der Waals surface area contributed by atoms with Crippen molar-refractivity contribution >= 4 is 0 Å². The van der Waals surface area contributed by atoms with Gasteiger partial charge >= 0.3 is 6.18 Å². The molecule has 0 atom stereocenters. The van der Waals surface area contributed by atoms with Gasteiger partial charge in [0.1, 0.15) is 5.75 Å². The van der Waals surface area contributed by atoms with Crippen LogP contribution in [0.3, 0.4) is 0 Å². The first kappa shape index (κ1) is 14.3. The lowest BCUT2D eigenvalue weighted by Gasteiger charge is -2.13. The number of nitrogens with zero attached hydrogens (tertiary/aromatic N) is 1. The summed E-state index contributed by atoms with van der Waals surface area (Å²) < 4.78 is 43.7. The van der Waals surface area contributed by atoms with E-state index in [1.54, 1.807) is 13.0 Å². The van der Waals surface area contributed by atoms with E-state index in [-0.39, 0.29) is 18.2 Å². The van der Waals surface area contributed by atoms with Crippen LogP contribution in [-0.4, -0.2) is 10.1 Å². The Bertz CT molecular complexity index is 612. The number of benzene rings is 1. The minimum atomic E-state index is -4.49. The van der Waals surface area contributed by atoms with E-state index in [9.17, 15) is 13.2 Å². The molecular formula is C14H12F3NO2. The van der Waals surface area contributed by atoms with E-state index in [0.717, 1.165) is 6.07 Å². The van der Waals surface area contributed by atoms with E-state index in [0.29, 0.717) is 11.3 Å². The standard InChI is InChI=1S/C14H12F3NO2/c1-9-10(8-19)6-7-13(18-9)20-12-5-3-2-4-11(12)14(15,16)17/h2-7,19H,8H2,1H3. The molecule has 0 aliphatic heterocycles. The van der Waals surface area contributed by atoms with E-state index < -0.39 is 11.7 Å². The van der Waals surface area contributed by atoms with Crippen LogP contribution in [0, 0.1) is 6.92 Å². The number of rotatable bonds is 3. The van der Waals surface area contributed by atoms with Crippen LogP contribution in [0.4, 0.5) is 13.2 Å². The van der Waals surface area contributed by atoms with Crippen molar-refractivity contribution in [3.63, 3.8) is 0 Å². The molecule has 0 spiro atoms. The summed E-state index contributed by atoms with van der Waals surface area (Å²) in [6.07, 6.45) is -4.49. The average Bonchev–Trinajstić information content (AvgIpc) is 2.38. The van der Waals surface area contributed by atoms with Crippen molar-refractivity contribution in [1.29, 1.82) is 0 Å². The number of aliphatic hydroxyl groups is 1. The van der Waals surface area contributed by atoms with Crippen LogP contribution in [0.1, 0.15) is 16.8 Å². The highest BCUT2D eigenvalue weighted by atomic mass is 19.4. The monoisotopic (exact) mass is 283 g/mol. The second-order valence-electron chi connectivity index (χ2n) is 4.15. The highest BCUT2D eigenvalue weighted by molar-refractivity contribution is 5.38. The summed E-state index contributed by atoms with van der Waals surface area (Å²) in [7, 11) is 0. The molecule has 0 aliphatic carbocycles. The van der Waals surface area contributed by atoms with Crippen molar-refractivity contribution in [2.75, 3.05) is 0 Å². The van der Waals surface area contributed by atoms with Crippen LogP contribution < -0.4 is 4.74 Å². The highest BCUT2D eigenvalue weighted by Gasteiger charge is 2.34. The number of aromatic nitrogens is 1. The Labute approximate surface area is 113 Å². The normalized spacial score (nSPS) is 11.4. The summed E-state index contributed by atoms with van der Waals surface area (Å²) in [6, 6.07) is 7.92. The molecule has 3 nitrogen and oxygen atoms in total. The van der Waals surface area contributed by atoms with Gasteiger partial charge in [-0.2, -0.15) is 13.2 Å². The number of halogens is 3. The van der Waals surface area contributed by atoms with Crippen molar-refractivity contribution in [2.24, 2.45) is 0 Å². The predicted molar refractivity (Wildman–Crippen MR) is 66.4 cm³/mol. The fourth-order valence-electron chi connectivity index (χ4n) is 1.69. The number of aliphatic hydroxyl groups excluding tert-OH is 1. The van der Waals surface area contributed by atoms with Gasteiger partial charge in [-0.25, -0.2) is 4.98 Å². The van der Waals surface area contributed by atoms with E-state index in [1.165, 1.54) is 24.3 Å². The van der Waals surface area contributed by atoms with Gasteiger partial charge in [0.2, 0.25) is 5.88 Å². The zero-order valence-electron chi connectivity index (χ0n) is 10.6. The number of alkyl halides is 3. The molecule has 2 rings (SSSR count). The number of ether oxygens (including phenoxy) is 1. The summed E-state index contributed by atoms with van der Waals surface area (Å²) in [6.45, 7) is 1.46. The van der Waals surface area contributed by atoms with E-state index in [4.69, 9.17) is 9.84 Å². The maximum absolute atomic E-state index is 12.8. The first-order valence-corrected chi connectivity index (χ1v) is 5.83. The maximum atomic E-state index is 12.8. The van der Waals surface area contributed by atoms with Crippen LogP contribution in [0.15, 0.2) is 36.4 Å². The molecule has 0 aliphatic rings. The molecule has 0 unspecified atom stereocenters. The van der Waals surface area contributed by atoms with Gasteiger partial charge < -0.3 is 9.84 Å². The van der Waals surface area contributed by atoms with E-state index >= 15 is 0 Å². The van der Waals surface area contributed by atoms with Crippen LogP contribution >= 0.6 is 0 Å². The number of aryl methyl sites for hydroxylation is 1. The van der Waals surface area contributed by atoms with Crippen molar-refractivity contribution in [3.8, 4) is 11.6 Å². The largest absolute Gasteiger partial charge is 0.438 e. The Morgan fingerprint density at radius 3 is 2.45 bits per heavy atom. The molecule has 0 amide bonds. The van der Waals surface area contributed by atoms with Gasteiger partial charge in [0, 0.05) is 11.8 Å². The van der Waals surface area contributed by atoms with Gasteiger partial charge in [-0.1, -0.05) is 12.1 Å². The van der Waals surface area contributed by atoms with Gasteiger partial charge in [0.15, 0.2) is 0 Å². The van der Waals surface area contributed by atoms with Crippen LogP contribution in [-0.2, 0) is 12.8 Å². The van der Waals surface area contributed by atoms with E-state index in [2.05, 4.69) is 4.98 Å². The SMILES string of the molecule is Cc1nc(Oc2ccccc2C(F)(F)F)ccc1CO. The molecule has 106 valence electrons. The molecule has 0 radical (unpaired) electrons. The summed E-state index contributed by atoms with van der Waals surface area (Å²) in [5.74, 6) is -0.250. The molecule has 2 aromatic rings. The fourth-order valence-corrected chi connectivity index (χ4v) is 1.69. The Hall–Kier alpha value is -2.08. The first-order valence-electron chi connectivity index (χ1n) is 5.83. The van der Waals surface area contributed by atoms with Crippen molar-refractivity contribution in [2.45, 2.75) is 19.7 Å². The Morgan fingerprint density at radius 2 is 1.85 bits per heavy atom. The molecule has 0 bridgehead atoms. The first-order chi connectivity index (χ1) is 9.41. The minimum Gasteiger partial charge on any atom is -0.438 e. The Balaban J connectivity index is 2.33. The molecule has 1 aromatic heterocycles. The second-order valence-corrected chi connectivity index (χ2v) is 4.15. The predicted octanol–water partition coefficient (Wildman–Crippen LogP) is 3.69. The molecule has 1 aromatic carbocycles. The summed E-state index contributed by atoms with van der Waals surface area (Å²) in [5.41, 5.74) is 0.252. The number of hydrogen-bond donors (Lipinski definition) is 1. The third kappa shape index (κ3) is 3.08. The number of pyridine rings is 1. The molecule has 0 fully saturated rings. The Kier molecular flexibility index (Phi) is 3.94.